The first kappa shape index (κ1) is 65.4. The zero-order chi connectivity index (χ0) is 59.4. The van der Waals surface area contributed by atoms with E-state index in [1.54, 1.807) is 54.9 Å². The Bertz CT molecular complexity index is 2440. The number of nitrogens with zero attached hydrogens (tertiary/aromatic N) is 1. The molecule has 0 spiro atoms. The van der Waals surface area contributed by atoms with Crippen LogP contribution in [0.15, 0.2) is 77.9 Å². The van der Waals surface area contributed by atoms with Crippen molar-refractivity contribution in [2.24, 2.45) is 46.8 Å². The standard InChI is InChI=1S/C64H93NO16/c1-39-20-14-12-15-21-40(2)53(75-10)34-48-27-25-45(7)64(74,81-48)58(70)59(71)65-29-19-18-24-50(65)60(72)79-54(35-51(67)41(3)31-44(6)57(69)49(36-66)56(68)43(5)30-39)42(4)32-46-26-28-52(55(33-46)76-11)80-61(73)62(8)37-77-63(9,78-38-62)47-22-16-13-17-23-47/h12-17,20-23,31,39,41-43,45-46,48-50,52-55,57,66,69,74H,18-19,24-30,32-38H2,1-11H3/b15-12?,20-14+,40-21?,44-31+/t39-,41-,42-,43-,45-,46+,48+,49+,50+,52-,53+,54+,55-,57-,62?,63?,64-/m1/s1. The van der Waals surface area contributed by atoms with Gasteiger partial charge in [0.2, 0.25) is 5.79 Å². The van der Waals surface area contributed by atoms with Gasteiger partial charge in [-0.25, -0.2) is 4.79 Å². The fourth-order valence-corrected chi connectivity index (χ4v) is 12.3. The first-order valence-electron chi connectivity index (χ1n) is 29.5. The quantitative estimate of drug-likeness (QED) is 0.120. The molecule has 1 aromatic rings. The van der Waals surface area contributed by atoms with Crippen LogP contribution in [-0.4, -0.2) is 144 Å². The van der Waals surface area contributed by atoms with Crippen LogP contribution in [-0.2, 0) is 67.7 Å². The number of ether oxygens (including phenoxy) is 7. The number of esters is 2. The molecule has 1 aromatic carbocycles. The van der Waals surface area contributed by atoms with E-state index in [0.29, 0.717) is 63.4 Å². The van der Waals surface area contributed by atoms with Crippen LogP contribution in [0.4, 0.5) is 0 Å². The summed E-state index contributed by atoms with van der Waals surface area (Å²) in [7, 11) is 3.14. The van der Waals surface area contributed by atoms with Crippen molar-refractivity contribution in [1.82, 2.24) is 4.90 Å². The van der Waals surface area contributed by atoms with Gasteiger partial charge in [-0.3, -0.25) is 24.0 Å². The van der Waals surface area contributed by atoms with Gasteiger partial charge in [0, 0.05) is 56.9 Å². The second kappa shape index (κ2) is 29.2. The molecular weight excluding hydrogens is 1040 g/mol. The Kier molecular flexibility index (Phi) is 23.6. The van der Waals surface area contributed by atoms with Gasteiger partial charge >= 0.3 is 11.9 Å². The van der Waals surface area contributed by atoms with Gasteiger partial charge in [0.1, 0.15) is 35.2 Å². The highest BCUT2D eigenvalue weighted by molar-refractivity contribution is 6.39. The molecule has 2 bridgehead atoms. The number of piperidine rings is 1. The first-order valence-corrected chi connectivity index (χ1v) is 29.5. The normalized spacial score (nSPS) is 38.4. The lowest BCUT2D eigenvalue weighted by atomic mass is 9.78. The Hall–Kier alpha value is -4.72. The first-order chi connectivity index (χ1) is 38.4. The average Bonchev–Trinajstić information content (AvgIpc) is 3.55. The van der Waals surface area contributed by atoms with Gasteiger partial charge in [-0.05, 0) is 121 Å². The highest BCUT2D eigenvalue weighted by Crippen LogP contribution is 2.41. The van der Waals surface area contributed by atoms with Gasteiger partial charge in [0.15, 0.2) is 5.79 Å². The Labute approximate surface area is 480 Å². The van der Waals surface area contributed by atoms with Crippen LogP contribution in [0.2, 0.25) is 0 Å². The van der Waals surface area contributed by atoms with Crippen LogP contribution >= 0.6 is 0 Å². The molecule has 3 saturated heterocycles. The molecule has 81 heavy (non-hydrogen) atoms. The summed E-state index contributed by atoms with van der Waals surface area (Å²) < 4.78 is 42.9. The fourth-order valence-electron chi connectivity index (χ4n) is 12.3. The van der Waals surface area contributed by atoms with Crippen molar-refractivity contribution in [3.8, 4) is 0 Å². The Morgan fingerprint density at radius 2 is 1.54 bits per heavy atom. The smallest absolute Gasteiger partial charge is 0.329 e. The Morgan fingerprint density at radius 1 is 0.840 bits per heavy atom. The van der Waals surface area contributed by atoms with Crippen LogP contribution in [0.25, 0.3) is 0 Å². The summed E-state index contributed by atoms with van der Waals surface area (Å²) >= 11 is 0. The molecule has 4 aliphatic heterocycles. The van der Waals surface area contributed by atoms with Crippen LogP contribution in [0, 0.1) is 46.8 Å². The van der Waals surface area contributed by atoms with Crippen LogP contribution < -0.4 is 0 Å². The highest BCUT2D eigenvalue weighted by atomic mass is 16.7. The third-order valence-electron chi connectivity index (χ3n) is 18.0. The van der Waals surface area contributed by atoms with E-state index in [2.05, 4.69) is 0 Å². The summed E-state index contributed by atoms with van der Waals surface area (Å²) in [5, 5.41) is 34.1. The maximum atomic E-state index is 14.7. The van der Waals surface area contributed by atoms with E-state index in [1.807, 2.05) is 88.4 Å². The van der Waals surface area contributed by atoms with Crippen molar-refractivity contribution in [3.05, 3.63) is 83.5 Å². The molecule has 17 heteroatoms. The van der Waals surface area contributed by atoms with Crippen LogP contribution in [0.1, 0.15) is 145 Å². The minimum atomic E-state index is -2.47. The van der Waals surface area contributed by atoms with Crippen LogP contribution in [0.5, 0.6) is 0 Å². The van der Waals surface area contributed by atoms with Gasteiger partial charge < -0.3 is 53.4 Å². The molecule has 17 nitrogen and oxygen atoms in total. The maximum absolute atomic E-state index is 14.7. The SMILES string of the molecule is CO[C@H]1C[C@@H]2CC[C@@H](C)[C@@](O)(O2)C(=O)C(=O)N2CCCC[C@H]2C(=O)O[C@H]([C@H](C)C[C@@H]2CC[C@@H](OC(=O)C3(C)COC(C)(c4ccccc4)OC3)[C@H](OC)C2)CC(=O)[C@H](C)/C=C(\C)[C@@H](O)[C@@H](CO)C(=O)[C@H](C)C[C@H](C)/C=C/C=CC=C1C. The number of cyclic esters (lactones) is 1. The lowest BCUT2D eigenvalue weighted by molar-refractivity contribution is -0.300. The summed E-state index contributed by atoms with van der Waals surface area (Å²) in [4.78, 5) is 86.8. The molecular formula is C64H93NO16. The monoisotopic (exact) mass is 1130 g/mol. The summed E-state index contributed by atoms with van der Waals surface area (Å²) in [5.41, 5.74) is 0.954. The second-order valence-corrected chi connectivity index (χ2v) is 24.5. The molecule has 3 N–H and O–H groups in total. The Morgan fingerprint density at radius 3 is 2.21 bits per heavy atom. The molecule has 0 unspecified atom stereocenters. The summed E-state index contributed by atoms with van der Waals surface area (Å²) in [6.07, 6.45) is 11.2. The molecule has 5 aliphatic rings. The fraction of sp³-hybridized carbons (Fsp3) is 0.688. The van der Waals surface area contributed by atoms with Gasteiger partial charge in [0.25, 0.3) is 11.7 Å². The molecule has 0 aromatic heterocycles. The number of aliphatic hydroxyl groups is 3. The van der Waals surface area contributed by atoms with Crippen molar-refractivity contribution in [1.29, 1.82) is 0 Å². The lowest BCUT2D eigenvalue weighted by Crippen LogP contribution is -2.61. The predicted octanol–water partition coefficient (Wildman–Crippen LogP) is 8.25. The minimum Gasteiger partial charge on any atom is -0.460 e. The zero-order valence-electron chi connectivity index (χ0n) is 49.8. The number of hydrogen-bond donors (Lipinski definition) is 3. The third-order valence-corrected chi connectivity index (χ3v) is 18.0. The molecule has 0 radical (unpaired) electrons. The van der Waals surface area contributed by atoms with Crippen molar-refractivity contribution < 1.29 is 77.2 Å². The van der Waals surface area contributed by atoms with E-state index < -0.39 is 119 Å². The number of aliphatic hydroxyl groups excluding tert-OH is 2. The number of rotatable bonds is 9. The molecule has 450 valence electrons. The summed E-state index contributed by atoms with van der Waals surface area (Å²) in [6, 6.07) is 8.33. The van der Waals surface area contributed by atoms with E-state index >= 15 is 0 Å². The summed E-state index contributed by atoms with van der Waals surface area (Å²) in [5.74, 6) is -11.3. The second-order valence-electron chi connectivity index (χ2n) is 24.5. The number of methoxy groups -OCH3 is 2. The average molecular weight is 1130 g/mol. The van der Waals surface area contributed by atoms with Crippen molar-refractivity contribution in [3.63, 3.8) is 0 Å². The van der Waals surface area contributed by atoms with Crippen molar-refractivity contribution in [2.45, 2.75) is 194 Å². The van der Waals surface area contributed by atoms with Crippen molar-refractivity contribution >= 4 is 35.2 Å². The minimum absolute atomic E-state index is 0.0146. The van der Waals surface area contributed by atoms with Crippen LogP contribution in [0.3, 0.4) is 0 Å². The molecule has 6 rings (SSSR count). The van der Waals surface area contributed by atoms with Gasteiger partial charge in [-0.15, -0.1) is 0 Å². The number of amides is 1. The largest absolute Gasteiger partial charge is 0.460 e. The van der Waals surface area contributed by atoms with E-state index in [4.69, 9.17) is 33.2 Å². The molecule has 1 aliphatic carbocycles. The number of benzene rings is 1. The van der Waals surface area contributed by atoms with E-state index in [0.717, 1.165) is 11.1 Å². The van der Waals surface area contributed by atoms with E-state index in [1.165, 1.54) is 4.90 Å². The van der Waals surface area contributed by atoms with Gasteiger partial charge in [-0.2, -0.15) is 0 Å². The molecule has 1 saturated carbocycles. The topological polar surface area (TPSA) is 231 Å². The van der Waals surface area contributed by atoms with Gasteiger partial charge in [-0.1, -0.05) is 101 Å². The van der Waals surface area contributed by atoms with E-state index in [9.17, 15) is 44.1 Å². The molecule has 4 fully saturated rings. The molecule has 4 heterocycles. The van der Waals surface area contributed by atoms with Gasteiger partial charge in [0.05, 0.1) is 50.2 Å². The Balaban J connectivity index is 1.24. The predicted molar refractivity (Wildman–Crippen MR) is 303 cm³/mol. The zero-order valence-corrected chi connectivity index (χ0v) is 49.8. The lowest BCUT2D eigenvalue weighted by Gasteiger charge is -2.43. The number of fused-ring (bicyclic) bond motifs is 3. The number of carbonyl (C=O) groups is 6. The summed E-state index contributed by atoms with van der Waals surface area (Å²) in [6.45, 7) is 15.7. The number of carbonyl (C=O) groups excluding carboxylic acids is 6. The van der Waals surface area contributed by atoms with Crippen molar-refractivity contribution in [2.75, 3.05) is 40.6 Å². The molecule has 15 atom stereocenters. The molecule has 1 amide bonds. The number of hydrogen-bond acceptors (Lipinski definition) is 16. The third kappa shape index (κ3) is 16.3. The highest BCUT2D eigenvalue weighted by Gasteiger charge is 2.53. The maximum Gasteiger partial charge on any atom is 0.329 e. The van der Waals surface area contributed by atoms with E-state index in [-0.39, 0.29) is 62.4 Å². The number of ketones is 3. The number of allylic oxidation sites excluding steroid dienone is 6. The number of Topliss-reactive ketones (excluding diaryl/α,β-unsaturated/α-hetero) is 3.